The van der Waals surface area contributed by atoms with E-state index in [9.17, 15) is 18.0 Å². The minimum Gasteiger partial charge on any atom is -0.271 e. The van der Waals surface area contributed by atoms with Crippen LogP contribution in [0.25, 0.3) is 0 Å². The van der Waals surface area contributed by atoms with Crippen molar-refractivity contribution in [1.29, 1.82) is 0 Å². The fourth-order valence-corrected chi connectivity index (χ4v) is 5.35. The number of hydrogen-bond donors (Lipinski definition) is 0. The first-order chi connectivity index (χ1) is 11.3. The van der Waals surface area contributed by atoms with Gasteiger partial charge in [-0.3, -0.25) is 13.9 Å². The Kier molecular flexibility index (Phi) is 3.30. The number of anilines is 2. The van der Waals surface area contributed by atoms with Crippen LogP contribution in [0.2, 0.25) is 5.02 Å². The van der Waals surface area contributed by atoms with Gasteiger partial charge in [0.15, 0.2) is 0 Å². The van der Waals surface area contributed by atoms with Gasteiger partial charge in [-0.2, -0.15) is 0 Å². The highest BCUT2D eigenvalue weighted by molar-refractivity contribution is 7.92. The lowest BCUT2D eigenvalue weighted by molar-refractivity contribution is -0.120. The molecule has 0 N–H and O–H groups in total. The molecule has 0 saturated carbocycles. The molecule has 126 valence electrons. The third-order valence-electron chi connectivity index (χ3n) is 4.90. The highest BCUT2D eigenvalue weighted by Gasteiger charge is 2.43. The van der Waals surface area contributed by atoms with E-state index in [-0.39, 0.29) is 22.6 Å². The summed E-state index contributed by atoms with van der Waals surface area (Å²) in [5.74, 6) is -0.923. The quantitative estimate of drug-likeness (QED) is 0.715. The van der Waals surface area contributed by atoms with Crippen LogP contribution in [0.5, 0.6) is 0 Å². The Bertz CT molecular complexity index is 908. The van der Waals surface area contributed by atoms with Gasteiger partial charge in [0, 0.05) is 23.8 Å². The van der Waals surface area contributed by atoms with Crippen molar-refractivity contribution in [1.82, 2.24) is 0 Å². The zero-order valence-electron chi connectivity index (χ0n) is 13.0. The number of halogens is 1. The summed E-state index contributed by atoms with van der Waals surface area (Å²) < 4.78 is 25.6. The molecule has 0 bridgehead atoms. The molecule has 0 atom stereocenters. The van der Waals surface area contributed by atoms with Gasteiger partial charge >= 0.3 is 0 Å². The SMILES string of the molecule is CN1c2c(Cl)ccc(N3C(=O)C4=C(CCCC4)C3=O)c2CS1(=O)=O. The second kappa shape index (κ2) is 5.07. The smallest absolute Gasteiger partial charge is 0.261 e. The maximum absolute atomic E-state index is 12.7. The maximum Gasteiger partial charge on any atom is 0.261 e. The summed E-state index contributed by atoms with van der Waals surface area (Å²) in [6, 6.07) is 3.09. The van der Waals surface area contributed by atoms with Gasteiger partial charge in [-0.25, -0.2) is 13.3 Å². The van der Waals surface area contributed by atoms with Crippen LogP contribution in [0.1, 0.15) is 31.2 Å². The fraction of sp³-hybridized carbons (Fsp3) is 0.375. The average molecular weight is 367 g/mol. The van der Waals surface area contributed by atoms with Crippen LogP contribution >= 0.6 is 11.6 Å². The highest BCUT2D eigenvalue weighted by Crippen LogP contribution is 2.45. The van der Waals surface area contributed by atoms with E-state index in [1.165, 1.54) is 13.1 Å². The van der Waals surface area contributed by atoms with Crippen molar-refractivity contribution in [3.05, 3.63) is 33.9 Å². The molecule has 24 heavy (non-hydrogen) atoms. The molecule has 0 fully saturated rings. The second-order valence-electron chi connectivity index (χ2n) is 6.23. The van der Waals surface area contributed by atoms with E-state index in [1.807, 2.05) is 0 Å². The van der Waals surface area contributed by atoms with Gasteiger partial charge in [-0.15, -0.1) is 0 Å². The monoisotopic (exact) mass is 366 g/mol. The van der Waals surface area contributed by atoms with Crippen LogP contribution in [0, 0.1) is 0 Å². The van der Waals surface area contributed by atoms with Gasteiger partial charge < -0.3 is 0 Å². The fourth-order valence-electron chi connectivity index (χ4n) is 3.67. The first kappa shape index (κ1) is 15.7. The number of carbonyl (C=O) groups is 2. The van der Waals surface area contributed by atoms with Crippen LogP contribution in [-0.4, -0.2) is 27.3 Å². The van der Waals surface area contributed by atoms with Crippen molar-refractivity contribution in [2.45, 2.75) is 31.4 Å². The topological polar surface area (TPSA) is 74.8 Å². The van der Waals surface area contributed by atoms with E-state index < -0.39 is 10.0 Å². The third-order valence-corrected chi connectivity index (χ3v) is 6.87. The summed E-state index contributed by atoms with van der Waals surface area (Å²) in [6.45, 7) is 0. The second-order valence-corrected chi connectivity index (χ2v) is 8.63. The van der Waals surface area contributed by atoms with E-state index in [2.05, 4.69) is 0 Å². The molecule has 1 aromatic carbocycles. The van der Waals surface area contributed by atoms with Crippen molar-refractivity contribution in [2.24, 2.45) is 0 Å². The largest absolute Gasteiger partial charge is 0.271 e. The number of rotatable bonds is 1. The molecule has 0 aromatic heterocycles. The molecule has 2 amide bonds. The van der Waals surface area contributed by atoms with Crippen LogP contribution in [-0.2, 0) is 25.4 Å². The zero-order valence-corrected chi connectivity index (χ0v) is 14.6. The van der Waals surface area contributed by atoms with Gasteiger partial charge in [0.1, 0.15) is 0 Å². The Balaban J connectivity index is 1.86. The zero-order chi connectivity index (χ0) is 17.2. The number of imide groups is 1. The van der Waals surface area contributed by atoms with E-state index in [1.54, 1.807) is 6.07 Å². The van der Waals surface area contributed by atoms with Crippen molar-refractivity contribution >= 4 is 44.8 Å². The third kappa shape index (κ3) is 1.97. The summed E-state index contributed by atoms with van der Waals surface area (Å²) >= 11 is 6.16. The summed E-state index contributed by atoms with van der Waals surface area (Å²) in [5, 5.41) is 0.286. The lowest BCUT2D eigenvalue weighted by Gasteiger charge is -2.19. The summed E-state index contributed by atoms with van der Waals surface area (Å²) in [4.78, 5) is 26.6. The standard InChI is InChI=1S/C16H15ClN2O4S/c1-18-14-11(8-24(18,22)23)13(7-6-12(14)17)19-15(20)9-4-2-3-5-10(9)16(19)21/h6-7H,2-5,8H2,1H3. The van der Waals surface area contributed by atoms with Crippen LogP contribution in [0.15, 0.2) is 23.3 Å². The number of fused-ring (bicyclic) bond motifs is 1. The average Bonchev–Trinajstić information content (AvgIpc) is 2.94. The number of benzene rings is 1. The molecule has 2 heterocycles. The molecule has 1 aromatic rings. The first-order valence-electron chi connectivity index (χ1n) is 7.71. The summed E-state index contributed by atoms with van der Waals surface area (Å²) in [7, 11) is -2.11. The Morgan fingerprint density at radius 1 is 1.04 bits per heavy atom. The highest BCUT2D eigenvalue weighted by atomic mass is 35.5. The van der Waals surface area contributed by atoms with E-state index in [0.717, 1.165) is 22.0 Å². The predicted octanol–water partition coefficient (Wildman–Crippen LogP) is 2.36. The first-order valence-corrected chi connectivity index (χ1v) is 9.70. The van der Waals surface area contributed by atoms with Gasteiger partial charge in [0.25, 0.3) is 11.8 Å². The molecule has 3 aliphatic rings. The van der Waals surface area contributed by atoms with Gasteiger partial charge in [0.05, 0.1) is 22.2 Å². The number of amides is 2. The van der Waals surface area contributed by atoms with E-state index >= 15 is 0 Å². The Morgan fingerprint density at radius 2 is 1.62 bits per heavy atom. The molecule has 4 rings (SSSR count). The number of nitrogens with zero attached hydrogens (tertiary/aromatic N) is 2. The lowest BCUT2D eigenvalue weighted by atomic mass is 9.93. The van der Waals surface area contributed by atoms with Crippen LogP contribution in [0.3, 0.4) is 0 Å². The minimum atomic E-state index is -3.53. The van der Waals surface area contributed by atoms with Crippen molar-refractivity contribution in [3.8, 4) is 0 Å². The van der Waals surface area contributed by atoms with Gasteiger partial charge in [0.2, 0.25) is 10.0 Å². The van der Waals surface area contributed by atoms with Crippen LogP contribution in [0.4, 0.5) is 11.4 Å². The normalized spacial score (nSPS) is 22.2. The van der Waals surface area contributed by atoms with E-state index in [4.69, 9.17) is 11.6 Å². The number of hydrogen-bond acceptors (Lipinski definition) is 4. The number of sulfonamides is 1. The Morgan fingerprint density at radius 3 is 2.21 bits per heavy atom. The molecule has 6 nitrogen and oxygen atoms in total. The van der Waals surface area contributed by atoms with E-state index in [0.29, 0.717) is 40.9 Å². The Hall–Kier alpha value is -1.86. The Labute approximate surface area is 144 Å². The summed E-state index contributed by atoms with van der Waals surface area (Å²) in [5.41, 5.74) is 2.23. The van der Waals surface area contributed by atoms with Crippen molar-refractivity contribution in [3.63, 3.8) is 0 Å². The van der Waals surface area contributed by atoms with Crippen LogP contribution < -0.4 is 9.21 Å². The molecular weight excluding hydrogens is 352 g/mol. The maximum atomic E-state index is 12.7. The van der Waals surface area contributed by atoms with Gasteiger partial charge in [-0.1, -0.05) is 11.6 Å². The number of carbonyl (C=O) groups excluding carboxylic acids is 2. The van der Waals surface area contributed by atoms with Crippen molar-refractivity contribution in [2.75, 3.05) is 16.3 Å². The summed E-state index contributed by atoms with van der Waals surface area (Å²) in [6.07, 6.45) is 2.98. The molecule has 0 unspecified atom stereocenters. The molecule has 1 aliphatic carbocycles. The molecule has 0 spiro atoms. The molecule has 0 radical (unpaired) electrons. The lowest BCUT2D eigenvalue weighted by Crippen LogP contribution is -2.32. The molecular formula is C16H15ClN2O4S. The predicted molar refractivity (Wildman–Crippen MR) is 90.5 cm³/mol. The molecule has 0 saturated heterocycles. The molecule has 2 aliphatic heterocycles. The minimum absolute atomic E-state index is 0.267. The molecule has 8 heteroatoms. The van der Waals surface area contributed by atoms with Crippen molar-refractivity contribution < 1.29 is 18.0 Å². The van der Waals surface area contributed by atoms with Gasteiger partial charge in [-0.05, 0) is 37.8 Å².